The van der Waals surface area contributed by atoms with Crippen LogP contribution in [0.5, 0.6) is 0 Å². The highest BCUT2D eigenvalue weighted by Crippen LogP contribution is 2.25. The summed E-state index contributed by atoms with van der Waals surface area (Å²) in [4.78, 5) is 0.101. The molecule has 0 aromatic heterocycles. The van der Waals surface area contributed by atoms with Crippen molar-refractivity contribution in [3.05, 3.63) is 53.1 Å². The first kappa shape index (κ1) is 13.1. The predicted molar refractivity (Wildman–Crippen MR) is 73.0 cm³/mol. The van der Waals surface area contributed by atoms with Gasteiger partial charge >= 0.3 is 0 Å². The molecule has 94 valence electrons. The molecule has 0 heterocycles. The highest BCUT2D eigenvalue weighted by atomic mass is 35.5. The second-order valence-electron chi connectivity index (χ2n) is 4.03. The Hall–Kier alpha value is -1.36. The van der Waals surface area contributed by atoms with Crippen molar-refractivity contribution in [2.45, 2.75) is 11.8 Å². The quantitative estimate of drug-likeness (QED) is 0.920. The zero-order valence-electron chi connectivity index (χ0n) is 9.72. The number of primary sulfonamides is 1. The topological polar surface area (TPSA) is 60.2 Å². The van der Waals surface area contributed by atoms with Gasteiger partial charge in [0.1, 0.15) is 0 Å². The monoisotopic (exact) mass is 281 g/mol. The SMILES string of the molecule is Cc1ccc(-c2ccc(S(N)(=O)=O)cc2)cc1Cl. The van der Waals surface area contributed by atoms with Gasteiger partial charge in [0.25, 0.3) is 0 Å². The van der Waals surface area contributed by atoms with E-state index in [1.54, 1.807) is 12.1 Å². The molecule has 0 bridgehead atoms. The van der Waals surface area contributed by atoms with E-state index < -0.39 is 10.0 Å². The Morgan fingerprint density at radius 3 is 2.06 bits per heavy atom. The lowest BCUT2D eigenvalue weighted by Gasteiger charge is -2.05. The minimum absolute atomic E-state index is 0.101. The van der Waals surface area contributed by atoms with Gasteiger partial charge in [-0.1, -0.05) is 35.9 Å². The van der Waals surface area contributed by atoms with Gasteiger partial charge in [-0.25, -0.2) is 13.6 Å². The van der Waals surface area contributed by atoms with Crippen molar-refractivity contribution in [2.75, 3.05) is 0 Å². The summed E-state index contributed by atoms with van der Waals surface area (Å²) in [5.41, 5.74) is 2.83. The van der Waals surface area contributed by atoms with Crippen LogP contribution in [0.25, 0.3) is 11.1 Å². The van der Waals surface area contributed by atoms with Gasteiger partial charge in [0.2, 0.25) is 10.0 Å². The molecule has 0 aliphatic carbocycles. The molecule has 18 heavy (non-hydrogen) atoms. The number of hydrogen-bond acceptors (Lipinski definition) is 2. The Balaban J connectivity index is 2.43. The average Bonchev–Trinajstić information content (AvgIpc) is 2.32. The van der Waals surface area contributed by atoms with E-state index in [4.69, 9.17) is 16.7 Å². The lowest BCUT2D eigenvalue weighted by molar-refractivity contribution is 0.598. The van der Waals surface area contributed by atoms with Crippen LogP contribution in [0.4, 0.5) is 0 Å². The Morgan fingerprint density at radius 1 is 1.00 bits per heavy atom. The molecule has 2 N–H and O–H groups in total. The second-order valence-corrected chi connectivity index (χ2v) is 6.00. The van der Waals surface area contributed by atoms with E-state index in [1.165, 1.54) is 12.1 Å². The maximum atomic E-state index is 11.1. The molecule has 0 unspecified atom stereocenters. The fraction of sp³-hybridized carbons (Fsp3) is 0.0769. The molecule has 2 aromatic rings. The van der Waals surface area contributed by atoms with Crippen molar-refractivity contribution in [2.24, 2.45) is 5.14 Å². The molecule has 2 rings (SSSR count). The first-order valence-electron chi connectivity index (χ1n) is 5.27. The van der Waals surface area contributed by atoms with Gasteiger partial charge in [0, 0.05) is 5.02 Å². The summed E-state index contributed by atoms with van der Waals surface area (Å²) in [5, 5.41) is 5.72. The summed E-state index contributed by atoms with van der Waals surface area (Å²) in [7, 11) is -3.64. The van der Waals surface area contributed by atoms with Crippen LogP contribution in [0.15, 0.2) is 47.4 Å². The van der Waals surface area contributed by atoms with E-state index in [-0.39, 0.29) is 4.90 Å². The first-order valence-corrected chi connectivity index (χ1v) is 7.20. The van der Waals surface area contributed by atoms with Crippen LogP contribution >= 0.6 is 11.6 Å². The minimum atomic E-state index is -3.64. The molecule has 0 saturated carbocycles. The Bertz CT molecular complexity index is 679. The fourth-order valence-electron chi connectivity index (χ4n) is 1.61. The van der Waals surface area contributed by atoms with Crippen LogP contribution < -0.4 is 5.14 Å². The third kappa shape index (κ3) is 2.72. The zero-order valence-corrected chi connectivity index (χ0v) is 11.3. The van der Waals surface area contributed by atoms with Crippen molar-refractivity contribution >= 4 is 21.6 Å². The third-order valence-corrected chi connectivity index (χ3v) is 4.02. The maximum absolute atomic E-state index is 11.1. The summed E-state index contributed by atoms with van der Waals surface area (Å²) in [6.07, 6.45) is 0. The highest BCUT2D eigenvalue weighted by Gasteiger charge is 2.07. The molecular weight excluding hydrogens is 270 g/mol. The molecule has 5 heteroatoms. The minimum Gasteiger partial charge on any atom is -0.225 e. The standard InChI is InChI=1S/C13H12ClNO2S/c1-9-2-3-11(8-13(9)14)10-4-6-12(7-5-10)18(15,16)17/h2-8H,1H3,(H2,15,16,17). The van der Waals surface area contributed by atoms with Crippen LogP contribution in [-0.4, -0.2) is 8.42 Å². The van der Waals surface area contributed by atoms with Gasteiger partial charge in [0.05, 0.1) is 4.90 Å². The summed E-state index contributed by atoms with van der Waals surface area (Å²) in [6.45, 7) is 1.93. The Kier molecular flexibility index (Phi) is 3.43. The van der Waals surface area contributed by atoms with Crippen molar-refractivity contribution in [3.8, 4) is 11.1 Å². The highest BCUT2D eigenvalue weighted by molar-refractivity contribution is 7.89. The van der Waals surface area contributed by atoms with Gasteiger partial charge in [-0.15, -0.1) is 0 Å². The van der Waals surface area contributed by atoms with E-state index in [0.717, 1.165) is 16.7 Å². The Morgan fingerprint density at radius 2 is 1.56 bits per heavy atom. The lowest BCUT2D eigenvalue weighted by Crippen LogP contribution is -2.11. The summed E-state index contributed by atoms with van der Waals surface area (Å²) < 4.78 is 22.3. The van der Waals surface area contributed by atoms with Crippen molar-refractivity contribution in [3.63, 3.8) is 0 Å². The van der Waals surface area contributed by atoms with E-state index in [9.17, 15) is 8.42 Å². The van der Waals surface area contributed by atoms with Crippen molar-refractivity contribution in [1.82, 2.24) is 0 Å². The molecule has 0 amide bonds. The molecule has 0 aliphatic heterocycles. The summed E-state index contributed by atoms with van der Waals surface area (Å²) in [5.74, 6) is 0. The number of sulfonamides is 1. The molecule has 0 aliphatic rings. The molecule has 0 atom stereocenters. The number of benzene rings is 2. The third-order valence-electron chi connectivity index (χ3n) is 2.69. The van der Waals surface area contributed by atoms with E-state index in [1.807, 2.05) is 25.1 Å². The fourth-order valence-corrected chi connectivity index (χ4v) is 2.31. The molecule has 0 radical (unpaired) electrons. The predicted octanol–water partition coefficient (Wildman–Crippen LogP) is 2.96. The van der Waals surface area contributed by atoms with Gasteiger partial charge in [-0.05, 0) is 41.8 Å². The van der Waals surface area contributed by atoms with Gasteiger partial charge in [0.15, 0.2) is 0 Å². The van der Waals surface area contributed by atoms with Crippen LogP contribution in [0.3, 0.4) is 0 Å². The molecular formula is C13H12ClNO2S. The number of halogens is 1. The molecule has 0 fully saturated rings. The number of rotatable bonds is 2. The second kappa shape index (κ2) is 4.72. The smallest absolute Gasteiger partial charge is 0.225 e. The Labute approximate surface area is 111 Å². The van der Waals surface area contributed by atoms with E-state index in [0.29, 0.717) is 5.02 Å². The maximum Gasteiger partial charge on any atom is 0.238 e. The molecule has 3 nitrogen and oxygen atoms in total. The molecule has 0 saturated heterocycles. The van der Waals surface area contributed by atoms with Gasteiger partial charge in [-0.2, -0.15) is 0 Å². The normalized spacial score (nSPS) is 11.5. The number of hydrogen-bond donors (Lipinski definition) is 1. The first-order chi connectivity index (χ1) is 8.38. The largest absolute Gasteiger partial charge is 0.238 e. The summed E-state index contributed by atoms with van der Waals surface area (Å²) >= 11 is 6.05. The number of aryl methyl sites for hydroxylation is 1. The molecule has 0 spiro atoms. The average molecular weight is 282 g/mol. The lowest BCUT2D eigenvalue weighted by atomic mass is 10.0. The van der Waals surface area contributed by atoms with E-state index in [2.05, 4.69) is 0 Å². The zero-order chi connectivity index (χ0) is 13.3. The van der Waals surface area contributed by atoms with Crippen LogP contribution in [-0.2, 0) is 10.0 Å². The van der Waals surface area contributed by atoms with Crippen LogP contribution in [0, 0.1) is 6.92 Å². The van der Waals surface area contributed by atoms with Crippen LogP contribution in [0.1, 0.15) is 5.56 Å². The van der Waals surface area contributed by atoms with E-state index >= 15 is 0 Å². The van der Waals surface area contributed by atoms with Crippen molar-refractivity contribution < 1.29 is 8.42 Å². The van der Waals surface area contributed by atoms with Crippen molar-refractivity contribution in [1.29, 1.82) is 0 Å². The van der Waals surface area contributed by atoms with Gasteiger partial charge in [-0.3, -0.25) is 0 Å². The van der Waals surface area contributed by atoms with Crippen LogP contribution in [0.2, 0.25) is 5.02 Å². The summed E-state index contributed by atoms with van der Waals surface area (Å²) in [6, 6.07) is 12.1. The number of nitrogens with two attached hydrogens (primary N) is 1. The van der Waals surface area contributed by atoms with Gasteiger partial charge < -0.3 is 0 Å². The molecule has 2 aromatic carbocycles.